The SMILES string of the molecule is COc1ccc(CNC(=O)c2c(C)nn(C)c2C)cc1OC. The summed E-state index contributed by atoms with van der Waals surface area (Å²) < 4.78 is 12.2. The number of benzene rings is 1. The summed E-state index contributed by atoms with van der Waals surface area (Å²) in [6, 6.07) is 5.56. The minimum Gasteiger partial charge on any atom is -0.493 e. The molecule has 22 heavy (non-hydrogen) atoms. The Hall–Kier alpha value is -2.50. The average molecular weight is 303 g/mol. The van der Waals surface area contributed by atoms with Crippen LogP contribution in [0, 0.1) is 13.8 Å². The van der Waals surface area contributed by atoms with Gasteiger partial charge < -0.3 is 14.8 Å². The van der Waals surface area contributed by atoms with Gasteiger partial charge in [-0.1, -0.05) is 6.07 Å². The van der Waals surface area contributed by atoms with Crippen LogP contribution in [0.3, 0.4) is 0 Å². The van der Waals surface area contributed by atoms with E-state index in [1.807, 2.05) is 39.1 Å². The van der Waals surface area contributed by atoms with Gasteiger partial charge in [-0.05, 0) is 31.5 Å². The smallest absolute Gasteiger partial charge is 0.255 e. The van der Waals surface area contributed by atoms with E-state index >= 15 is 0 Å². The summed E-state index contributed by atoms with van der Waals surface area (Å²) >= 11 is 0. The van der Waals surface area contributed by atoms with Gasteiger partial charge in [0.15, 0.2) is 11.5 Å². The summed E-state index contributed by atoms with van der Waals surface area (Å²) in [5.74, 6) is 1.18. The maximum Gasteiger partial charge on any atom is 0.255 e. The van der Waals surface area contributed by atoms with Crippen molar-refractivity contribution in [3.05, 3.63) is 40.7 Å². The van der Waals surface area contributed by atoms with Crippen LogP contribution in [0.15, 0.2) is 18.2 Å². The third kappa shape index (κ3) is 3.05. The first-order valence-corrected chi connectivity index (χ1v) is 6.97. The second-order valence-electron chi connectivity index (χ2n) is 5.04. The molecule has 1 N–H and O–H groups in total. The Bertz CT molecular complexity index is 692. The number of nitrogens with one attached hydrogen (secondary N) is 1. The van der Waals surface area contributed by atoms with Crippen molar-refractivity contribution < 1.29 is 14.3 Å². The van der Waals surface area contributed by atoms with Crippen molar-refractivity contribution in [3.8, 4) is 11.5 Å². The highest BCUT2D eigenvalue weighted by Crippen LogP contribution is 2.27. The maximum atomic E-state index is 12.3. The van der Waals surface area contributed by atoms with Crippen molar-refractivity contribution in [1.82, 2.24) is 15.1 Å². The first-order valence-electron chi connectivity index (χ1n) is 6.97. The molecular weight excluding hydrogens is 282 g/mol. The largest absolute Gasteiger partial charge is 0.493 e. The Morgan fingerprint density at radius 3 is 2.45 bits per heavy atom. The number of hydrogen-bond donors (Lipinski definition) is 1. The van der Waals surface area contributed by atoms with Crippen LogP contribution in [-0.4, -0.2) is 29.9 Å². The summed E-state index contributed by atoms with van der Waals surface area (Å²) in [7, 11) is 5.00. The molecule has 0 aliphatic carbocycles. The van der Waals surface area contributed by atoms with Gasteiger partial charge >= 0.3 is 0 Å². The molecule has 0 spiro atoms. The van der Waals surface area contributed by atoms with Crippen LogP contribution < -0.4 is 14.8 Å². The Morgan fingerprint density at radius 2 is 1.91 bits per heavy atom. The normalized spacial score (nSPS) is 10.4. The van der Waals surface area contributed by atoms with Crippen molar-refractivity contribution in [1.29, 1.82) is 0 Å². The molecule has 0 fully saturated rings. The zero-order valence-corrected chi connectivity index (χ0v) is 13.6. The minimum absolute atomic E-state index is 0.127. The van der Waals surface area contributed by atoms with Gasteiger partial charge in [0.1, 0.15) is 0 Å². The monoisotopic (exact) mass is 303 g/mol. The fraction of sp³-hybridized carbons (Fsp3) is 0.375. The molecule has 6 nitrogen and oxygen atoms in total. The Labute approximate surface area is 130 Å². The van der Waals surface area contributed by atoms with E-state index in [4.69, 9.17) is 9.47 Å². The molecule has 1 aromatic heterocycles. The molecule has 118 valence electrons. The van der Waals surface area contributed by atoms with Crippen LogP contribution >= 0.6 is 0 Å². The predicted octanol–water partition coefficient (Wildman–Crippen LogP) is 1.98. The molecule has 0 saturated carbocycles. The third-order valence-corrected chi connectivity index (χ3v) is 3.64. The van der Waals surface area contributed by atoms with E-state index in [-0.39, 0.29) is 5.91 Å². The van der Waals surface area contributed by atoms with Gasteiger partial charge in [0.2, 0.25) is 0 Å². The van der Waals surface area contributed by atoms with Crippen LogP contribution in [0.4, 0.5) is 0 Å². The highest BCUT2D eigenvalue weighted by atomic mass is 16.5. The van der Waals surface area contributed by atoms with E-state index in [2.05, 4.69) is 10.4 Å². The van der Waals surface area contributed by atoms with Crippen LogP contribution in [0.5, 0.6) is 11.5 Å². The Balaban J connectivity index is 2.11. The first kappa shape index (κ1) is 15.9. The van der Waals surface area contributed by atoms with Crippen molar-refractivity contribution in [3.63, 3.8) is 0 Å². The fourth-order valence-electron chi connectivity index (χ4n) is 2.36. The number of aromatic nitrogens is 2. The average Bonchev–Trinajstić information content (AvgIpc) is 2.77. The standard InChI is InChI=1S/C16H21N3O3/c1-10-15(11(2)19(3)18-10)16(20)17-9-12-6-7-13(21-4)14(8-12)22-5/h6-8H,9H2,1-5H3,(H,17,20). The lowest BCUT2D eigenvalue weighted by atomic mass is 10.1. The number of aryl methyl sites for hydroxylation is 2. The molecule has 1 aromatic carbocycles. The number of carbonyl (C=O) groups excluding carboxylic acids is 1. The first-order chi connectivity index (χ1) is 10.5. The number of carbonyl (C=O) groups is 1. The lowest BCUT2D eigenvalue weighted by Gasteiger charge is -2.10. The number of ether oxygens (including phenoxy) is 2. The van der Waals surface area contributed by atoms with Crippen LogP contribution in [-0.2, 0) is 13.6 Å². The van der Waals surface area contributed by atoms with E-state index in [0.29, 0.717) is 23.6 Å². The summed E-state index contributed by atoms with van der Waals surface area (Å²) in [4.78, 5) is 12.3. The van der Waals surface area contributed by atoms with E-state index in [1.54, 1.807) is 18.9 Å². The third-order valence-electron chi connectivity index (χ3n) is 3.64. The zero-order chi connectivity index (χ0) is 16.3. The molecule has 0 unspecified atom stereocenters. The van der Waals surface area contributed by atoms with Crippen LogP contribution in [0.2, 0.25) is 0 Å². The van der Waals surface area contributed by atoms with Crippen molar-refractivity contribution in [2.45, 2.75) is 20.4 Å². The molecule has 0 saturated heterocycles. The van der Waals surface area contributed by atoms with Gasteiger partial charge in [0.05, 0.1) is 25.5 Å². The number of rotatable bonds is 5. The summed E-state index contributed by atoms with van der Waals surface area (Å²) in [5, 5.41) is 7.17. The summed E-state index contributed by atoms with van der Waals surface area (Å²) in [6.45, 7) is 4.12. The summed E-state index contributed by atoms with van der Waals surface area (Å²) in [5.41, 5.74) is 3.14. The van der Waals surface area contributed by atoms with Gasteiger partial charge in [-0.15, -0.1) is 0 Å². The van der Waals surface area contributed by atoms with Crippen LogP contribution in [0.25, 0.3) is 0 Å². The fourth-order valence-corrected chi connectivity index (χ4v) is 2.36. The quantitative estimate of drug-likeness (QED) is 0.917. The van der Waals surface area contributed by atoms with E-state index < -0.39 is 0 Å². The second-order valence-corrected chi connectivity index (χ2v) is 5.04. The molecule has 1 amide bonds. The number of hydrogen-bond acceptors (Lipinski definition) is 4. The number of amides is 1. The van der Waals surface area contributed by atoms with Crippen molar-refractivity contribution in [2.75, 3.05) is 14.2 Å². The highest BCUT2D eigenvalue weighted by molar-refractivity contribution is 5.96. The number of methoxy groups -OCH3 is 2. The minimum atomic E-state index is -0.127. The van der Waals surface area contributed by atoms with Gasteiger partial charge in [0, 0.05) is 19.3 Å². The van der Waals surface area contributed by atoms with Gasteiger partial charge in [-0.3, -0.25) is 9.48 Å². The van der Waals surface area contributed by atoms with Crippen LogP contribution in [0.1, 0.15) is 27.3 Å². The van der Waals surface area contributed by atoms with E-state index in [9.17, 15) is 4.79 Å². The molecule has 1 heterocycles. The zero-order valence-electron chi connectivity index (χ0n) is 13.6. The Morgan fingerprint density at radius 1 is 1.23 bits per heavy atom. The molecular formula is C16H21N3O3. The summed E-state index contributed by atoms with van der Waals surface area (Å²) in [6.07, 6.45) is 0. The maximum absolute atomic E-state index is 12.3. The molecule has 0 aliphatic rings. The molecule has 6 heteroatoms. The number of nitrogens with zero attached hydrogens (tertiary/aromatic N) is 2. The molecule has 0 bridgehead atoms. The van der Waals surface area contributed by atoms with Crippen molar-refractivity contribution >= 4 is 5.91 Å². The highest BCUT2D eigenvalue weighted by Gasteiger charge is 2.17. The van der Waals surface area contributed by atoms with Gasteiger partial charge in [-0.25, -0.2) is 0 Å². The Kier molecular flexibility index (Phi) is 4.70. The molecule has 2 rings (SSSR count). The van der Waals surface area contributed by atoms with E-state index in [0.717, 1.165) is 17.0 Å². The lowest BCUT2D eigenvalue weighted by molar-refractivity contribution is 0.0949. The van der Waals surface area contributed by atoms with Crippen molar-refractivity contribution in [2.24, 2.45) is 7.05 Å². The van der Waals surface area contributed by atoms with E-state index in [1.165, 1.54) is 0 Å². The molecule has 0 atom stereocenters. The lowest BCUT2D eigenvalue weighted by Crippen LogP contribution is -2.24. The molecule has 0 radical (unpaired) electrons. The molecule has 0 aliphatic heterocycles. The van der Waals surface area contributed by atoms with Gasteiger partial charge in [-0.2, -0.15) is 5.10 Å². The predicted molar refractivity (Wildman–Crippen MR) is 83.4 cm³/mol. The second kappa shape index (κ2) is 6.51. The topological polar surface area (TPSA) is 65.4 Å². The molecule has 2 aromatic rings. The van der Waals surface area contributed by atoms with Gasteiger partial charge in [0.25, 0.3) is 5.91 Å².